The van der Waals surface area contributed by atoms with E-state index in [1.54, 1.807) is 14.2 Å². The monoisotopic (exact) mass is 308 g/mol. The van der Waals surface area contributed by atoms with E-state index in [9.17, 15) is 4.79 Å². The molecular formula is C17H28N2O3. The highest BCUT2D eigenvalue weighted by Crippen LogP contribution is 2.34. The highest BCUT2D eigenvalue weighted by Gasteiger charge is 2.14. The fourth-order valence-corrected chi connectivity index (χ4v) is 2.51. The van der Waals surface area contributed by atoms with Crippen LogP contribution >= 0.6 is 0 Å². The minimum Gasteiger partial charge on any atom is -0.493 e. The molecule has 1 aromatic carbocycles. The standard InChI is InChI=1S/C17H28N2O3/c1-5-9-19(10-6-2)16(20)8-7-13-11-14(18)17(22-4)15(12-13)21-3/h11-12H,5-10,18H2,1-4H3. The molecule has 0 aromatic heterocycles. The van der Waals surface area contributed by atoms with Crippen molar-refractivity contribution in [3.8, 4) is 11.5 Å². The number of hydrogen-bond donors (Lipinski definition) is 1. The van der Waals surface area contributed by atoms with Crippen LogP contribution in [0.3, 0.4) is 0 Å². The lowest BCUT2D eigenvalue weighted by atomic mass is 10.1. The van der Waals surface area contributed by atoms with Gasteiger partial charge in [-0.15, -0.1) is 0 Å². The van der Waals surface area contributed by atoms with E-state index in [4.69, 9.17) is 15.2 Å². The van der Waals surface area contributed by atoms with E-state index in [1.807, 2.05) is 17.0 Å². The van der Waals surface area contributed by atoms with E-state index in [0.717, 1.165) is 31.5 Å². The largest absolute Gasteiger partial charge is 0.493 e. The molecule has 2 N–H and O–H groups in total. The Bertz CT molecular complexity index is 483. The van der Waals surface area contributed by atoms with Crippen LogP contribution in [0.2, 0.25) is 0 Å². The summed E-state index contributed by atoms with van der Waals surface area (Å²) in [6.07, 6.45) is 3.09. The first kappa shape index (κ1) is 18.1. The molecule has 0 bridgehead atoms. The summed E-state index contributed by atoms with van der Waals surface area (Å²) in [5, 5.41) is 0. The minimum atomic E-state index is 0.192. The molecule has 0 unspecified atom stereocenters. The van der Waals surface area contributed by atoms with Crippen LogP contribution in [0.1, 0.15) is 38.7 Å². The topological polar surface area (TPSA) is 64.8 Å². The Morgan fingerprint density at radius 1 is 1.14 bits per heavy atom. The van der Waals surface area contributed by atoms with Gasteiger partial charge in [-0.25, -0.2) is 0 Å². The summed E-state index contributed by atoms with van der Waals surface area (Å²) in [5.41, 5.74) is 7.48. The van der Waals surface area contributed by atoms with E-state index in [0.29, 0.717) is 30.0 Å². The summed E-state index contributed by atoms with van der Waals surface area (Å²) in [6.45, 7) is 5.82. The maximum atomic E-state index is 12.3. The van der Waals surface area contributed by atoms with Gasteiger partial charge in [-0.1, -0.05) is 13.8 Å². The number of carbonyl (C=O) groups is 1. The molecule has 124 valence electrons. The third-order valence-corrected chi connectivity index (χ3v) is 3.53. The van der Waals surface area contributed by atoms with Crippen molar-refractivity contribution in [3.05, 3.63) is 17.7 Å². The lowest BCUT2D eigenvalue weighted by Crippen LogP contribution is -2.32. The summed E-state index contributed by atoms with van der Waals surface area (Å²) in [5.74, 6) is 1.33. The molecule has 0 aliphatic rings. The number of amides is 1. The van der Waals surface area contributed by atoms with Crippen molar-refractivity contribution in [2.75, 3.05) is 33.0 Å². The van der Waals surface area contributed by atoms with Gasteiger partial charge in [0.2, 0.25) is 5.91 Å². The fourth-order valence-electron chi connectivity index (χ4n) is 2.51. The van der Waals surface area contributed by atoms with Crippen molar-refractivity contribution < 1.29 is 14.3 Å². The van der Waals surface area contributed by atoms with E-state index < -0.39 is 0 Å². The van der Waals surface area contributed by atoms with Crippen molar-refractivity contribution in [3.63, 3.8) is 0 Å². The lowest BCUT2D eigenvalue weighted by molar-refractivity contribution is -0.131. The van der Waals surface area contributed by atoms with Crippen LogP contribution in [-0.4, -0.2) is 38.1 Å². The van der Waals surface area contributed by atoms with Crippen LogP contribution in [0.25, 0.3) is 0 Å². The Morgan fingerprint density at radius 2 is 1.77 bits per heavy atom. The summed E-state index contributed by atoms with van der Waals surface area (Å²) in [4.78, 5) is 14.2. The van der Waals surface area contributed by atoms with E-state index in [1.165, 1.54) is 0 Å². The van der Waals surface area contributed by atoms with Crippen LogP contribution in [0.4, 0.5) is 5.69 Å². The van der Waals surface area contributed by atoms with Gasteiger partial charge in [0.25, 0.3) is 0 Å². The van der Waals surface area contributed by atoms with Crippen molar-refractivity contribution in [2.45, 2.75) is 39.5 Å². The molecular weight excluding hydrogens is 280 g/mol. The van der Waals surface area contributed by atoms with Crippen LogP contribution in [0.15, 0.2) is 12.1 Å². The van der Waals surface area contributed by atoms with Gasteiger partial charge < -0.3 is 20.1 Å². The average Bonchev–Trinajstić information content (AvgIpc) is 2.51. The lowest BCUT2D eigenvalue weighted by Gasteiger charge is -2.21. The molecule has 0 radical (unpaired) electrons. The molecule has 1 rings (SSSR count). The summed E-state index contributed by atoms with van der Waals surface area (Å²) >= 11 is 0. The second-order valence-corrected chi connectivity index (χ2v) is 5.30. The summed E-state index contributed by atoms with van der Waals surface area (Å²) in [6, 6.07) is 3.73. The molecule has 0 saturated carbocycles. The third kappa shape index (κ3) is 4.83. The molecule has 22 heavy (non-hydrogen) atoms. The van der Waals surface area contributed by atoms with Gasteiger partial charge in [0.05, 0.1) is 19.9 Å². The zero-order valence-corrected chi connectivity index (χ0v) is 14.1. The molecule has 0 aliphatic carbocycles. The molecule has 1 aromatic rings. The van der Waals surface area contributed by atoms with E-state index in [-0.39, 0.29) is 5.91 Å². The Kier molecular flexibility index (Phi) is 7.57. The van der Waals surface area contributed by atoms with Gasteiger partial charge in [0, 0.05) is 19.5 Å². The number of rotatable bonds is 9. The van der Waals surface area contributed by atoms with Crippen molar-refractivity contribution >= 4 is 11.6 Å². The highest BCUT2D eigenvalue weighted by molar-refractivity contribution is 5.76. The fraction of sp³-hybridized carbons (Fsp3) is 0.588. The van der Waals surface area contributed by atoms with Crippen molar-refractivity contribution in [2.24, 2.45) is 0 Å². The van der Waals surface area contributed by atoms with Gasteiger partial charge in [0.1, 0.15) is 0 Å². The molecule has 0 atom stereocenters. The van der Waals surface area contributed by atoms with Crippen LogP contribution in [-0.2, 0) is 11.2 Å². The molecule has 0 heterocycles. The number of hydrogen-bond acceptors (Lipinski definition) is 4. The Balaban J connectivity index is 2.75. The van der Waals surface area contributed by atoms with Gasteiger partial charge in [-0.05, 0) is 37.0 Å². The predicted octanol–water partition coefficient (Wildman–Crippen LogP) is 2.87. The summed E-state index contributed by atoms with van der Waals surface area (Å²) < 4.78 is 10.5. The number of nitrogens with zero attached hydrogens (tertiary/aromatic N) is 1. The van der Waals surface area contributed by atoms with Crippen molar-refractivity contribution in [1.29, 1.82) is 0 Å². The number of nitrogen functional groups attached to an aromatic ring is 1. The van der Waals surface area contributed by atoms with Crippen LogP contribution in [0.5, 0.6) is 11.5 Å². The normalized spacial score (nSPS) is 10.4. The minimum absolute atomic E-state index is 0.192. The molecule has 5 nitrogen and oxygen atoms in total. The third-order valence-electron chi connectivity index (χ3n) is 3.53. The van der Waals surface area contributed by atoms with E-state index >= 15 is 0 Å². The Morgan fingerprint density at radius 3 is 2.27 bits per heavy atom. The number of ether oxygens (including phenoxy) is 2. The van der Waals surface area contributed by atoms with Gasteiger partial charge in [0.15, 0.2) is 11.5 Å². The molecule has 0 aliphatic heterocycles. The number of anilines is 1. The maximum Gasteiger partial charge on any atom is 0.222 e. The number of methoxy groups -OCH3 is 2. The van der Waals surface area contributed by atoms with Crippen molar-refractivity contribution in [1.82, 2.24) is 4.90 Å². The Labute approximate surface area is 133 Å². The number of benzene rings is 1. The van der Waals surface area contributed by atoms with Crippen LogP contribution in [0, 0.1) is 0 Å². The molecule has 0 fully saturated rings. The Hall–Kier alpha value is -1.91. The van der Waals surface area contributed by atoms with Gasteiger partial charge >= 0.3 is 0 Å². The average molecular weight is 308 g/mol. The number of nitrogens with two attached hydrogens (primary N) is 1. The second-order valence-electron chi connectivity index (χ2n) is 5.30. The SMILES string of the molecule is CCCN(CCC)C(=O)CCc1cc(N)c(OC)c(OC)c1. The zero-order chi connectivity index (χ0) is 16.5. The first-order valence-electron chi connectivity index (χ1n) is 7.85. The highest BCUT2D eigenvalue weighted by atomic mass is 16.5. The predicted molar refractivity (Wildman–Crippen MR) is 89.4 cm³/mol. The van der Waals surface area contributed by atoms with Gasteiger partial charge in [-0.2, -0.15) is 0 Å². The number of carbonyl (C=O) groups excluding carboxylic acids is 1. The molecule has 5 heteroatoms. The van der Waals surface area contributed by atoms with Gasteiger partial charge in [-0.3, -0.25) is 4.79 Å². The number of aryl methyl sites for hydroxylation is 1. The quantitative estimate of drug-likeness (QED) is 0.712. The molecule has 0 spiro atoms. The first-order chi connectivity index (χ1) is 10.6. The van der Waals surface area contributed by atoms with E-state index in [2.05, 4.69) is 13.8 Å². The second kappa shape index (κ2) is 9.18. The molecule has 0 saturated heterocycles. The summed E-state index contributed by atoms with van der Waals surface area (Å²) in [7, 11) is 3.14. The maximum absolute atomic E-state index is 12.3. The smallest absolute Gasteiger partial charge is 0.222 e. The zero-order valence-electron chi connectivity index (χ0n) is 14.1. The molecule has 1 amide bonds. The van der Waals surface area contributed by atoms with Crippen LogP contribution < -0.4 is 15.2 Å². The first-order valence-corrected chi connectivity index (χ1v) is 7.85.